The Hall–Kier alpha value is -2.75. The summed E-state index contributed by atoms with van der Waals surface area (Å²) in [6.45, 7) is 10.3. The van der Waals surface area contributed by atoms with E-state index in [4.69, 9.17) is 4.74 Å². The van der Waals surface area contributed by atoms with Crippen LogP contribution in [0.5, 0.6) is 0 Å². The van der Waals surface area contributed by atoms with Crippen LogP contribution in [0.3, 0.4) is 0 Å². The summed E-state index contributed by atoms with van der Waals surface area (Å²) < 4.78 is 5.47. The van der Waals surface area contributed by atoms with Crippen molar-refractivity contribution in [2.45, 2.75) is 52.6 Å². The first-order valence-corrected chi connectivity index (χ1v) is 10.4. The lowest BCUT2D eigenvalue weighted by Crippen LogP contribution is -2.35. The van der Waals surface area contributed by atoms with Crippen LogP contribution in [0.2, 0.25) is 0 Å². The number of benzene rings is 2. The third kappa shape index (κ3) is 6.38. The molecule has 0 aliphatic carbocycles. The molecular weight excluding hydrogens is 360 g/mol. The van der Waals surface area contributed by atoms with E-state index in [-0.39, 0.29) is 12.0 Å². The van der Waals surface area contributed by atoms with Crippen molar-refractivity contribution < 1.29 is 9.53 Å². The highest BCUT2D eigenvalue weighted by atomic mass is 16.6. The van der Waals surface area contributed by atoms with Crippen molar-refractivity contribution in [3.05, 3.63) is 71.9 Å². The van der Waals surface area contributed by atoms with E-state index in [1.54, 1.807) is 11.9 Å². The van der Waals surface area contributed by atoms with E-state index in [0.29, 0.717) is 6.54 Å². The smallest absolute Gasteiger partial charge is 0.410 e. The Morgan fingerprint density at radius 2 is 1.72 bits per heavy atom. The highest BCUT2D eigenvalue weighted by Gasteiger charge is 2.21. The molecule has 1 amide bonds. The number of ether oxygens (including phenoxy) is 1. The summed E-state index contributed by atoms with van der Waals surface area (Å²) in [5.74, 6) is 0.218. The van der Waals surface area contributed by atoms with E-state index in [2.05, 4.69) is 53.5 Å². The van der Waals surface area contributed by atoms with Crippen LogP contribution in [0.4, 0.5) is 4.79 Å². The summed E-state index contributed by atoms with van der Waals surface area (Å²) in [7, 11) is 1.80. The minimum atomic E-state index is -0.483. The monoisotopic (exact) mass is 394 g/mol. The van der Waals surface area contributed by atoms with Crippen molar-refractivity contribution in [3.8, 4) is 0 Å². The topological polar surface area (TPSA) is 45.3 Å². The Labute approximate surface area is 174 Å². The third-order valence-corrected chi connectivity index (χ3v) is 4.64. The second kappa shape index (κ2) is 10.1. The molecule has 0 radical (unpaired) electrons. The van der Waals surface area contributed by atoms with Gasteiger partial charge >= 0.3 is 6.09 Å². The van der Waals surface area contributed by atoms with Crippen molar-refractivity contribution in [2.75, 3.05) is 13.6 Å². The molecule has 0 bridgehead atoms. The molecule has 1 heterocycles. The molecule has 0 fully saturated rings. The minimum Gasteiger partial charge on any atom is -0.444 e. The van der Waals surface area contributed by atoms with Gasteiger partial charge < -0.3 is 14.6 Å². The van der Waals surface area contributed by atoms with Crippen LogP contribution in [0, 0.1) is 0 Å². The van der Waals surface area contributed by atoms with E-state index < -0.39 is 5.60 Å². The van der Waals surface area contributed by atoms with Gasteiger partial charge in [-0.3, -0.25) is 0 Å². The fourth-order valence-electron chi connectivity index (χ4n) is 3.25. The zero-order valence-corrected chi connectivity index (χ0v) is 18.5. The number of carbonyl (C=O) groups is 1. The number of nitrogens with one attached hydrogen (secondary N) is 1. The lowest BCUT2D eigenvalue weighted by atomic mass is 9.88. The molecule has 4 heteroatoms. The van der Waals surface area contributed by atoms with Crippen LogP contribution in [0.25, 0.3) is 10.9 Å². The maximum atomic E-state index is 12.3. The van der Waals surface area contributed by atoms with E-state index >= 15 is 0 Å². The first-order valence-electron chi connectivity index (χ1n) is 10.4. The fourth-order valence-corrected chi connectivity index (χ4v) is 3.25. The van der Waals surface area contributed by atoms with Gasteiger partial charge in [-0.25, -0.2) is 4.79 Å². The average Bonchev–Trinajstić information content (AvgIpc) is 3.17. The number of aromatic amines is 1. The standard InChI is InChI=1S/C23H28N2O2.C2H6/c1-23(2,3)27-22(26)25(4)15-13-20(17-8-6-5-7-9-17)18-10-11-21-19(16-18)12-14-24-21;1-2/h5-12,14,16,20,24H,13,15H2,1-4H3;1-2H3. The number of hydrogen-bond donors (Lipinski definition) is 1. The summed E-state index contributed by atoms with van der Waals surface area (Å²) >= 11 is 0. The van der Waals surface area contributed by atoms with Gasteiger partial charge in [0.1, 0.15) is 5.60 Å². The Morgan fingerprint density at radius 1 is 1.03 bits per heavy atom. The number of amides is 1. The van der Waals surface area contributed by atoms with Gasteiger partial charge in [0.05, 0.1) is 0 Å². The molecule has 29 heavy (non-hydrogen) atoms. The predicted molar refractivity (Wildman–Crippen MR) is 121 cm³/mol. The molecule has 0 saturated carbocycles. The Kier molecular flexibility index (Phi) is 7.89. The van der Waals surface area contributed by atoms with Gasteiger partial charge in [-0.1, -0.05) is 50.2 Å². The van der Waals surface area contributed by atoms with Crippen molar-refractivity contribution >= 4 is 17.0 Å². The summed E-state index contributed by atoms with van der Waals surface area (Å²) in [5, 5.41) is 1.20. The molecule has 4 nitrogen and oxygen atoms in total. The van der Waals surface area contributed by atoms with Crippen LogP contribution < -0.4 is 0 Å². The first-order chi connectivity index (χ1) is 13.8. The Bertz CT molecular complexity index is 894. The van der Waals surface area contributed by atoms with E-state index in [0.717, 1.165) is 11.9 Å². The zero-order valence-electron chi connectivity index (χ0n) is 18.5. The molecule has 0 saturated heterocycles. The van der Waals surface area contributed by atoms with Crippen molar-refractivity contribution in [3.63, 3.8) is 0 Å². The molecule has 0 aliphatic heterocycles. The second-order valence-electron chi connectivity index (χ2n) is 7.98. The minimum absolute atomic E-state index is 0.218. The van der Waals surface area contributed by atoms with E-state index in [1.165, 1.54) is 16.5 Å². The van der Waals surface area contributed by atoms with Crippen molar-refractivity contribution in [2.24, 2.45) is 0 Å². The second-order valence-corrected chi connectivity index (χ2v) is 7.98. The lowest BCUT2D eigenvalue weighted by Gasteiger charge is -2.26. The van der Waals surface area contributed by atoms with Gasteiger partial charge in [-0.2, -0.15) is 0 Å². The quantitative estimate of drug-likeness (QED) is 0.531. The van der Waals surface area contributed by atoms with Crippen LogP contribution in [-0.4, -0.2) is 35.2 Å². The van der Waals surface area contributed by atoms with Crippen LogP contribution in [0.1, 0.15) is 58.1 Å². The van der Waals surface area contributed by atoms with Crippen molar-refractivity contribution in [1.29, 1.82) is 0 Å². The highest BCUT2D eigenvalue weighted by Crippen LogP contribution is 2.30. The number of rotatable bonds is 5. The number of aromatic nitrogens is 1. The molecule has 3 rings (SSSR count). The van der Waals surface area contributed by atoms with Gasteiger partial charge in [0.2, 0.25) is 0 Å². The van der Waals surface area contributed by atoms with Gasteiger partial charge in [0.15, 0.2) is 0 Å². The van der Waals surface area contributed by atoms with Crippen molar-refractivity contribution in [1.82, 2.24) is 9.88 Å². The summed E-state index contributed by atoms with van der Waals surface area (Å²) in [6, 6.07) is 19.1. The number of nitrogens with zero attached hydrogens (tertiary/aromatic N) is 1. The van der Waals surface area contributed by atoms with Gasteiger partial charge in [0.25, 0.3) is 0 Å². The number of fused-ring (bicyclic) bond motifs is 1. The van der Waals surface area contributed by atoms with Gasteiger partial charge in [-0.05, 0) is 61.9 Å². The average molecular weight is 395 g/mol. The number of H-pyrrole nitrogens is 1. The van der Waals surface area contributed by atoms with Crippen LogP contribution in [-0.2, 0) is 4.74 Å². The Morgan fingerprint density at radius 3 is 2.38 bits per heavy atom. The fraction of sp³-hybridized carbons (Fsp3) is 0.400. The molecule has 0 spiro atoms. The van der Waals surface area contributed by atoms with Crippen LogP contribution >= 0.6 is 0 Å². The van der Waals surface area contributed by atoms with E-state index in [9.17, 15) is 4.79 Å². The van der Waals surface area contributed by atoms with Gasteiger partial charge in [0, 0.05) is 31.2 Å². The molecule has 1 atom stereocenters. The maximum absolute atomic E-state index is 12.3. The lowest BCUT2D eigenvalue weighted by molar-refractivity contribution is 0.0295. The molecule has 156 valence electrons. The third-order valence-electron chi connectivity index (χ3n) is 4.64. The largest absolute Gasteiger partial charge is 0.444 e. The molecule has 0 aliphatic rings. The van der Waals surface area contributed by atoms with E-state index in [1.807, 2.05) is 46.9 Å². The zero-order chi connectivity index (χ0) is 21.4. The van der Waals surface area contributed by atoms with Gasteiger partial charge in [-0.15, -0.1) is 0 Å². The molecule has 2 aromatic carbocycles. The summed E-state index contributed by atoms with van der Waals surface area (Å²) in [6.07, 6.45) is 2.51. The normalized spacial score (nSPS) is 12.1. The van der Waals surface area contributed by atoms with Crippen LogP contribution in [0.15, 0.2) is 60.8 Å². The SMILES string of the molecule is CC.CN(CCC(c1ccccc1)c1ccc2[nH]ccc2c1)C(=O)OC(C)(C)C. The molecule has 3 aromatic rings. The maximum Gasteiger partial charge on any atom is 0.410 e. The first kappa shape index (κ1) is 22.5. The molecule has 1 N–H and O–H groups in total. The molecule has 1 aromatic heterocycles. The predicted octanol–water partition coefficient (Wildman–Crippen LogP) is 6.58. The number of hydrogen-bond acceptors (Lipinski definition) is 2. The number of carbonyl (C=O) groups excluding carboxylic acids is 1. The molecule has 1 unspecified atom stereocenters. The Balaban J connectivity index is 0.00000145. The summed E-state index contributed by atoms with van der Waals surface area (Å²) in [4.78, 5) is 17.2. The summed E-state index contributed by atoms with van der Waals surface area (Å²) in [5.41, 5.74) is 3.16. The highest BCUT2D eigenvalue weighted by molar-refractivity contribution is 5.80. The molecular formula is C25H34N2O2.